The molecule has 0 N–H and O–H groups in total. The van der Waals surface area contributed by atoms with Crippen molar-refractivity contribution in [2.45, 2.75) is 44.4 Å². The maximum Gasteiger partial charge on any atom is 0.159 e. The predicted molar refractivity (Wildman–Crippen MR) is 87.1 cm³/mol. The molecule has 106 valence electrons. The van der Waals surface area contributed by atoms with Crippen LogP contribution in [0.3, 0.4) is 0 Å². The standard InChI is InChI=1S/C17H22N2S/c1-3-5-11-20-16-9-7-15(8-10-16)17-18-12-14(6-4-2)13-19-17/h7-10,12-13H,3-6,11H2,1-2H3. The van der Waals surface area contributed by atoms with Gasteiger partial charge in [-0.1, -0.05) is 38.8 Å². The van der Waals surface area contributed by atoms with Gasteiger partial charge in [-0.2, -0.15) is 0 Å². The first-order chi connectivity index (χ1) is 9.83. The van der Waals surface area contributed by atoms with Crippen LogP contribution in [0.1, 0.15) is 38.7 Å². The first-order valence-corrected chi connectivity index (χ1v) is 8.36. The van der Waals surface area contributed by atoms with Crippen molar-refractivity contribution in [2.24, 2.45) is 0 Å². The summed E-state index contributed by atoms with van der Waals surface area (Å²) in [5.74, 6) is 2.01. The summed E-state index contributed by atoms with van der Waals surface area (Å²) in [5.41, 5.74) is 2.30. The van der Waals surface area contributed by atoms with E-state index in [2.05, 4.69) is 48.1 Å². The number of hydrogen-bond donors (Lipinski definition) is 0. The average molecular weight is 286 g/mol. The highest BCUT2D eigenvalue weighted by atomic mass is 32.2. The van der Waals surface area contributed by atoms with Crippen molar-refractivity contribution in [1.82, 2.24) is 9.97 Å². The van der Waals surface area contributed by atoms with Crippen molar-refractivity contribution in [3.8, 4) is 11.4 Å². The Bertz CT molecular complexity index is 506. The normalized spacial score (nSPS) is 10.7. The Morgan fingerprint density at radius 2 is 1.65 bits per heavy atom. The van der Waals surface area contributed by atoms with Crippen LogP contribution in [-0.4, -0.2) is 15.7 Å². The lowest BCUT2D eigenvalue weighted by Crippen LogP contribution is -1.92. The number of aryl methyl sites for hydroxylation is 1. The highest BCUT2D eigenvalue weighted by molar-refractivity contribution is 7.99. The lowest BCUT2D eigenvalue weighted by atomic mass is 10.2. The first kappa shape index (κ1) is 15.0. The second-order valence-corrected chi connectivity index (χ2v) is 6.06. The molecule has 0 atom stereocenters. The Morgan fingerprint density at radius 1 is 0.950 bits per heavy atom. The highest BCUT2D eigenvalue weighted by Crippen LogP contribution is 2.23. The van der Waals surface area contributed by atoms with Crippen LogP contribution in [-0.2, 0) is 6.42 Å². The molecule has 1 aromatic heterocycles. The molecule has 0 fully saturated rings. The second kappa shape index (κ2) is 8.05. The van der Waals surface area contributed by atoms with E-state index in [4.69, 9.17) is 0 Å². The summed E-state index contributed by atoms with van der Waals surface area (Å²) in [4.78, 5) is 10.2. The van der Waals surface area contributed by atoms with Gasteiger partial charge in [-0.25, -0.2) is 9.97 Å². The lowest BCUT2D eigenvalue weighted by Gasteiger charge is -2.04. The predicted octanol–water partition coefficient (Wildman–Crippen LogP) is 4.99. The quantitative estimate of drug-likeness (QED) is 0.530. The Morgan fingerprint density at radius 3 is 2.25 bits per heavy atom. The van der Waals surface area contributed by atoms with Gasteiger partial charge in [0.25, 0.3) is 0 Å². The summed E-state index contributed by atoms with van der Waals surface area (Å²) in [6.45, 7) is 4.39. The smallest absolute Gasteiger partial charge is 0.159 e. The summed E-state index contributed by atoms with van der Waals surface area (Å²) >= 11 is 1.92. The third-order valence-corrected chi connectivity index (χ3v) is 4.22. The molecule has 0 aliphatic rings. The van der Waals surface area contributed by atoms with Crippen molar-refractivity contribution in [3.05, 3.63) is 42.2 Å². The van der Waals surface area contributed by atoms with Gasteiger partial charge < -0.3 is 0 Å². The number of aromatic nitrogens is 2. The van der Waals surface area contributed by atoms with Gasteiger partial charge in [0.05, 0.1) is 0 Å². The van der Waals surface area contributed by atoms with Crippen LogP contribution in [0, 0.1) is 0 Å². The molecule has 1 aromatic carbocycles. The molecule has 2 rings (SSSR count). The molecule has 2 aromatic rings. The third-order valence-electron chi connectivity index (χ3n) is 3.12. The van der Waals surface area contributed by atoms with Crippen LogP contribution in [0.5, 0.6) is 0 Å². The molecule has 0 saturated heterocycles. The summed E-state index contributed by atoms with van der Waals surface area (Å²) in [6, 6.07) is 8.56. The molecule has 20 heavy (non-hydrogen) atoms. The van der Waals surface area contributed by atoms with Crippen LogP contribution >= 0.6 is 11.8 Å². The van der Waals surface area contributed by atoms with Crippen molar-refractivity contribution in [2.75, 3.05) is 5.75 Å². The fourth-order valence-electron chi connectivity index (χ4n) is 1.96. The van der Waals surface area contributed by atoms with Crippen LogP contribution < -0.4 is 0 Å². The maximum absolute atomic E-state index is 4.45. The van der Waals surface area contributed by atoms with E-state index in [9.17, 15) is 0 Å². The van der Waals surface area contributed by atoms with Crippen LogP contribution in [0.2, 0.25) is 0 Å². The van der Waals surface area contributed by atoms with Gasteiger partial charge >= 0.3 is 0 Å². The Kier molecular flexibility index (Phi) is 6.06. The largest absolute Gasteiger partial charge is 0.236 e. The number of nitrogens with zero attached hydrogens (tertiary/aromatic N) is 2. The van der Waals surface area contributed by atoms with Gasteiger partial charge in [-0.3, -0.25) is 0 Å². The highest BCUT2D eigenvalue weighted by Gasteiger charge is 2.02. The molecular formula is C17H22N2S. The third kappa shape index (κ3) is 4.34. The van der Waals surface area contributed by atoms with Gasteiger partial charge in [0.2, 0.25) is 0 Å². The molecule has 0 bridgehead atoms. The second-order valence-electron chi connectivity index (χ2n) is 4.89. The van der Waals surface area contributed by atoms with Gasteiger partial charge in [0.1, 0.15) is 0 Å². The zero-order valence-electron chi connectivity index (χ0n) is 12.3. The van der Waals surface area contributed by atoms with Gasteiger partial charge in [-0.05, 0) is 36.3 Å². The first-order valence-electron chi connectivity index (χ1n) is 7.37. The number of thioether (sulfide) groups is 1. The van der Waals surface area contributed by atoms with E-state index in [0.29, 0.717) is 0 Å². The molecular weight excluding hydrogens is 264 g/mol. The van der Waals surface area contributed by atoms with Gasteiger partial charge in [0, 0.05) is 22.9 Å². The molecule has 1 heterocycles. The molecule has 0 saturated carbocycles. The van der Waals surface area contributed by atoms with Crippen LogP contribution in [0.25, 0.3) is 11.4 Å². The maximum atomic E-state index is 4.45. The molecule has 0 amide bonds. The van der Waals surface area contributed by atoms with Gasteiger partial charge in [-0.15, -0.1) is 11.8 Å². The zero-order valence-corrected chi connectivity index (χ0v) is 13.1. The van der Waals surface area contributed by atoms with Crippen molar-refractivity contribution < 1.29 is 0 Å². The fraction of sp³-hybridized carbons (Fsp3) is 0.412. The Balaban J connectivity index is 2.01. The van der Waals surface area contributed by atoms with E-state index >= 15 is 0 Å². The molecule has 2 nitrogen and oxygen atoms in total. The number of benzene rings is 1. The minimum absolute atomic E-state index is 0.815. The van der Waals surface area contributed by atoms with E-state index in [1.165, 1.54) is 29.1 Å². The zero-order chi connectivity index (χ0) is 14.2. The van der Waals surface area contributed by atoms with E-state index in [1.807, 2.05) is 24.2 Å². The number of hydrogen-bond acceptors (Lipinski definition) is 3. The summed E-state index contributed by atoms with van der Waals surface area (Å²) in [5, 5.41) is 0. The summed E-state index contributed by atoms with van der Waals surface area (Å²) in [7, 11) is 0. The Labute approximate surface area is 126 Å². The van der Waals surface area contributed by atoms with Crippen molar-refractivity contribution in [3.63, 3.8) is 0 Å². The molecule has 0 aliphatic carbocycles. The molecule has 0 unspecified atom stereocenters. The summed E-state index contributed by atoms with van der Waals surface area (Å²) in [6.07, 6.45) is 8.59. The van der Waals surface area contributed by atoms with Crippen molar-refractivity contribution in [1.29, 1.82) is 0 Å². The number of unbranched alkanes of at least 4 members (excludes halogenated alkanes) is 1. The molecule has 3 heteroatoms. The molecule has 0 spiro atoms. The van der Waals surface area contributed by atoms with E-state index < -0.39 is 0 Å². The SMILES string of the molecule is CCCCSc1ccc(-c2ncc(CCC)cn2)cc1. The summed E-state index contributed by atoms with van der Waals surface area (Å²) < 4.78 is 0. The molecule has 0 aliphatic heterocycles. The number of rotatable bonds is 7. The fourth-order valence-corrected chi connectivity index (χ4v) is 2.95. The minimum atomic E-state index is 0.815. The Hall–Kier alpha value is -1.35. The van der Waals surface area contributed by atoms with Crippen LogP contribution in [0.4, 0.5) is 0 Å². The monoisotopic (exact) mass is 286 g/mol. The van der Waals surface area contributed by atoms with Gasteiger partial charge in [0.15, 0.2) is 5.82 Å². The van der Waals surface area contributed by atoms with E-state index in [1.54, 1.807) is 0 Å². The topological polar surface area (TPSA) is 25.8 Å². The van der Waals surface area contributed by atoms with Crippen molar-refractivity contribution >= 4 is 11.8 Å². The minimum Gasteiger partial charge on any atom is -0.236 e. The average Bonchev–Trinajstić information content (AvgIpc) is 2.49. The lowest BCUT2D eigenvalue weighted by molar-refractivity contribution is 0.896. The van der Waals surface area contributed by atoms with E-state index in [0.717, 1.165) is 24.2 Å². The molecule has 0 radical (unpaired) electrons. The van der Waals surface area contributed by atoms with E-state index in [-0.39, 0.29) is 0 Å². The van der Waals surface area contributed by atoms with Crippen LogP contribution in [0.15, 0.2) is 41.6 Å².